The van der Waals surface area contributed by atoms with E-state index in [1.807, 2.05) is 36.4 Å². The molecule has 0 bridgehead atoms. The first-order chi connectivity index (χ1) is 30.8. The second-order valence-electron chi connectivity index (χ2n) is 15.6. The van der Waals surface area contributed by atoms with Crippen LogP contribution >= 0.6 is 0 Å². The van der Waals surface area contributed by atoms with Crippen molar-refractivity contribution in [2.45, 2.75) is 0 Å². The highest BCUT2D eigenvalue weighted by Gasteiger charge is 2.25. The van der Waals surface area contributed by atoms with Crippen LogP contribution in [0.25, 0.3) is 111 Å². The van der Waals surface area contributed by atoms with Crippen LogP contribution in [-0.2, 0) is 0 Å². The Morgan fingerprint density at radius 3 is 1.26 bits per heavy atom. The quantitative estimate of drug-likeness (QED) is 0.162. The van der Waals surface area contributed by atoms with E-state index in [0.717, 1.165) is 72.2 Å². The van der Waals surface area contributed by atoms with E-state index in [9.17, 15) is 0 Å². The zero-order chi connectivity index (χ0) is 41.0. The van der Waals surface area contributed by atoms with Gasteiger partial charge in [-0.25, -0.2) is 15.0 Å². The molecule has 3 aromatic heterocycles. The van der Waals surface area contributed by atoms with Crippen molar-refractivity contribution in [3.63, 3.8) is 0 Å². The molecule has 0 fully saturated rings. The average Bonchev–Trinajstić information content (AvgIpc) is 3.88. The van der Waals surface area contributed by atoms with E-state index < -0.39 is 0 Å². The molecule has 0 aliphatic carbocycles. The van der Waals surface area contributed by atoms with Crippen LogP contribution in [0, 0.1) is 0 Å². The van der Waals surface area contributed by atoms with Gasteiger partial charge in [-0.3, -0.25) is 0 Å². The number of para-hydroxylation sites is 3. The van der Waals surface area contributed by atoms with Crippen molar-refractivity contribution in [3.8, 4) is 67.8 Å². The summed E-state index contributed by atoms with van der Waals surface area (Å²) in [5.74, 6) is 1.86. The summed E-state index contributed by atoms with van der Waals surface area (Å²) in [4.78, 5) is 15.5. The van der Waals surface area contributed by atoms with Gasteiger partial charge in [-0.15, -0.1) is 0 Å². The Morgan fingerprint density at radius 2 is 0.694 bits per heavy atom. The minimum absolute atomic E-state index is 0.605. The summed E-state index contributed by atoms with van der Waals surface area (Å²) in [6, 6.07) is 79.4. The first kappa shape index (κ1) is 35.5. The number of benzene rings is 9. The van der Waals surface area contributed by atoms with Crippen LogP contribution in [0.3, 0.4) is 0 Å². The molecule has 0 radical (unpaired) electrons. The monoisotopic (exact) mass is 791 g/mol. The highest BCUT2D eigenvalue weighted by atomic mass is 15.1. The van der Waals surface area contributed by atoms with Crippen molar-refractivity contribution < 1.29 is 0 Å². The van der Waals surface area contributed by atoms with Crippen molar-refractivity contribution in [3.05, 3.63) is 224 Å². The number of hydrogen-bond acceptors (Lipinski definition) is 3. The van der Waals surface area contributed by atoms with Gasteiger partial charge in [0.25, 0.3) is 0 Å². The average molecular weight is 792 g/mol. The summed E-state index contributed by atoms with van der Waals surface area (Å²) < 4.78 is 4.94. The summed E-state index contributed by atoms with van der Waals surface area (Å²) in [6.45, 7) is 0. The molecule has 0 aliphatic rings. The van der Waals surface area contributed by atoms with E-state index in [1.54, 1.807) is 0 Å². The molecule has 0 atom stereocenters. The van der Waals surface area contributed by atoms with Crippen LogP contribution in [0.2, 0.25) is 0 Å². The van der Waals surface area contributed by atoms with Crippen LogP contribution in [0.15, 0.2) is 224 Å². The van der Waals surface area contributed by atoms with Gasteiger partial charge in [0.1, 0.15) is 0 Å². The predicted molar refractivity (Wildman–Crippen MR) is 256 cm³/mol. The Hall–Kier alpha value is -8.41. The SMILES string of the molecule is c1ccc(-c2ccc(-c3ccccc3)c(-n3c4ccccc4c4ccc5c6ccccc6n(-c6ccccc6-c6nc(-c7ccccc7)nc(-c7ccccc7)n6)c5c43)c2)cc1. The number of nitrogens with zero attached hydrogens (tertiary/aromatic N) is 5. The van der Waals surface area contributed by atoms with E-state index >= 15 is 0 Å². The van der Waals surface area contributed by atoms with Crippen LogP contribution in [-0.4, -0.2) is 24.1 Å². The van der Waals surface area contributed by atoms with Gasteiger partial charge < -0.3 is 9.13 Å². The molecule has 0 spiro atoms. The van der Waals surface area contributed by atoms with Gasteiger partial charge in [-0.2, -0.15) is 0 Å². The van der Waals surface area contributed by atoms with Crippen LogP contribution in [0.1, 0.15) is 0 Å². The third-order valence-electron chi connectivity index (χ3n) is 12.0. The Balaban J connectivity index is 1.21. The lowest BCUT2D eigenvalue weighted by Crippen LogP contribution is -2.04. The molecule has 0 aliphatic heterocycles. The molecule has 290 valence electrons. The standard InChI is InChI=1S/C57H37N5/c1-5-19-38(20-6-1)42-33-34-43(39-21-7-2-8-22-39)52(37-42)62-50-31-17-14-28-45(50)47-36-35-46-44-27-13-16-30-49(44)61(53(46)54(47)62)51-32-18-15-29-48(51)57-59-55(40-23-9-3-10-24-40)58-56(60-57)41-25-11-4-12-26-41/h1-37H. The van der Waals surface area contributed by atoms with E-state index in [4.69, 9.17) is 15.0 Å². The highest BCUT2D eigenvalue weighted by Crippen LogP contribution is 2.45. The molecular weight excluding hydrogens is 755 g/mol. The number of fused-ring (bicyclic) bond motifs is 7. The van der Waals surface area contributed by atoms with Crippen LogP contribution in [0.4, 0.5) is 0 Å². The van der Waals surface area contributed by atoms with Gasteiger partial charge >= 0.3 is 0 Å². The van der Waals surface area contributed by atoms with E-state index in [0.29, 0.717) is 17.5 Å². The van der Waals surface area contributed by atoms with Crippen molar-refractivity contribution in [2.75, 3.05) is 0 Å². The number of aromatic nitrogens is 5. The third-order valence-corrected chi connectivity index (χ3v) is 12.0. The molecule has 5 nitrogen and oxygen atoms in total. The summed E-state index contributed by atoms with van der Waals surface area (Å²) >= 11 is 0. The lowest BCUT2D eigenvalue weighted by atomic mass is 9.98. The molecule has 12 rings (SSSR count). The minimum Gasteiger partial charge on any atom is -0.307 e. The molecule has 0 unspecified atom stereocenters. The molecule has 0 N–H and O–H groups in total. The van der Waals surface area contributed by atoms with E-state index in [-0.39, 0.29) is 0 Å². The van der Waals surface area contributed by atoms with Crippen molar-refractivity contribution in [1.29, 1.82) is 0 Å². The van der Waals surface area contributed by atoms with Gasteiger partial charge in [0.15, 0.2) is 17.5 Å². The maximum absolute atomic E-state index is 5.24. The fourth-order valence-corrected chi connectivity index (χ4v) is 9.18. The molecule has 12 aromatic rings. The zero-order valence-electron chi connectivity index (χ0n) is 33.6. The van der Waals surface area contributed by atoms with Crippen LogP contribution in [0.5, 0.6) is 0 Å². The Bertz CT molecular complexity index is 3550. The first-order valence-corrected chi connectivity index (χ1v) is 21.0. The smallest absolute Gasteiger partial charge is 0.166 e. The normalized spacial score (nSPS) is 11.5. The van der Waals surface area contributed by atoms with Gasteiger partial charge in [-0.1, -0.05) is 194 Å². The largest absolute Gasteiger partial charge is 0.307 e. The molecule has 5 heteroatoms. The van der Waals surface area contributed by atoms with Gasteiger partial charge in [-0.05, 0) is 47.0 Å². The molecule has 0 amide bonds. The molecule has 0 saturated heterocycles. The van der Waals surface area contributed by atoms with Gasteiger partial charge in [0.2, 0.25) is 0 Å². The van der Waals surface area contributed by atoms with E-state index in [2.05, 4.69) is 197 Å². The Kier molecular flexibility index (Phi) is 8.42. The summed E-state index contributed by atoms with van der Waals surface area (Å²) in [7, 11) is 0. The maximum Gasteiger partial charge on any atom is 0.166 e. The molecule has 3 heterocycles. The number of rotatable bonds is 7. The molecule has 0 saturated carbocycles. The number of hydrogen-bond donors (Lipinski definition) is 0. The lowest BCUT2D eigenvalue weighted by molar-refractivity contribution is 1.06. The Morgan fingerprint density at radius 1 is 0.258 bits per heavy atom. The fraction of sp³-hybridized carbons (Fsp3) is 0. The predicted octanol–water partition coefficient (Wildman–Crippen LogP) is 14.4. The van der Waals surface area contributed by atoms with E-state index in [1.165, 1.54) is 21.7 Å². The Labute approximate surface area is 358 Å². The maximum atomic E-state index is 5.24. The van der Waals surface area contributed by atoms with Crippen LogP contribution < -0.4 is 0 Å². The highest BCUT2D eigenvalue weighted by molar-refractivity contribution is 6.24. The van der Waals surface area contributed by atoms with Gasteiger partial charge in [0, 0.05) is 43.8 Å². The molecular formula is C57H37N5. The minimum atomic E-state index is 0.605. The summed E-state index contributed by atoms with van der Waals surface area (Å²) in [5.41, 5.74) is 14.0. The van der Waals surface area contributed by atoms with Crippen molar-refractivity contribution in [2.24, 2.45) is 0 Å². The summed E-state index contributed by atoms with van der Waals surface area (Å²) in [6.07, 6.45) is 0. The van der Waals surface area contributed by atoms with Crippen molar-refractivity contribution >= 4 is 43.6 Å². The zero-order valence-corrected chi connectivity index (χ0v) is 33.6. The molecule has 9 aromatic carbocycles. The molecule has 62 heavy (non-hydrogen) atoms. The fourth-order valence-electron chi connectivity index (χ4n) is 9.18. The third kappa shape index (κ3) is 5.82. The second-order valence-corrected chi connectivity index (χ2v) is 15.6. The first-order valence-electron chi connectivity index (χ1n) is 21.0. The second kappa shape index (κ2) is 14.7. The topological polar surface area (TPSA) is 48.5 Å². The summed E-state index contributed by atoms with van der Waals surface area (Å²) in [5, 5.41) is 4.70. The van der Waals surface area contributed by atoms with Gasteiger partial charge in [0.05, 0.1) is 33.4 Å². The lowest BCUT2D eigenvalue weighted by Gasteiger charge is -2.18. The van der Waals surface area contributed by atoms with Crippen molar-refractivity contribution in [1.82, 2.24) is 24.1 Å².